The maximum atomic E-state index is 5.81. The van der Waals surface area contributed by atoms with Crippen LogP contribution < -0.4 is 11.1 Å². The van der Waals surface area contributed by atoms with Crippen molar-refractivity contribution in [1.82, 2.24) is 10.3 Å². The van der Waals surface area contributed by atoms with Gasteiger partial charge >= 0.3 is 0 Å². The van der Waals surface area contributed by atoms with Gasteiger partial charge in [0.15, 0.2) is 0 Å². The average Bonchev–Trinajstić information content (AvgIpc) is 2.67. The lowest BCUT2D eigenvalue weighted by molar-refractivity contribution is 0.457. The van der Waals surface area contributed by atoms with Gasteiger partial charge in [0.2, 0.25) is 0 Å². The van der Waals surface area contributed by atoms with E-state index in [0.29, 0.717) is 10.8 Å². The summed E-state index contributed by atoms with van der Waals surface area (Å²) in [6, 6.07) is 0.0463. The highest BCUT2D eigenvalue weighted by Gasteiger charge is 2.63. The summed E-state index contributed by atoms with van der Waals surface area (Å²) >= 11 is 1.66. The van der Waals surface area contributed by atoms with Crippen LogP contribution >= 0.6 is 11.3 Å². The molecule has 1 aromatic heterocycles. The van der Waals surface area contributed by atoms with Gasteiger partial charge in [-0.15, -0.1) is 11.3 Å². The minimum atomic E-state index is 0.0463. The standard InChI is InChI=1S/C14H25N3S/c1-9(15)12-17-10(8-18-12)6-16-7-11-13(2,3)14(11,4)5/h8-9,11,16H,6-7,15H2,1-5H3. The summed E-state index contributed by atoms with van der Waals surface area (Å²) in [5.41, 5.74) is 7.84. The summed E-state index contributed by atoms with van der Waals surface area (Å²) in [5.74, 6) is 0.761. The maximum absolute atomic E-state index is 5.81. The van der Waals surface area contributed by atoms with Crippen molar-refractivity contribution in [2.24, 2.45) is 22.5 Å². The van der Waals surface area contributed by atoms with Gasteiger partial charge in [0.25, 0.3) is 0 Å². The van der Waals surface area contributed by atoms with E-state index in [1.807, 2.05) is 6.92 Å². The molecule has 0 saturated heterocycles. The van der Waals surface area contributed by atoms with Crippen LogP contribution in [0.3, 0.4) is 0 Å². The lowest BCUT2D eigenvalue weighted by Gasteiger charge is -2.04. The molecule has 3 N–H and O–H groups in total. The fraction of sp³-hybridized carbons (Fsp3) is 0.786. The van der Waals surface area contributed by atoms with Crippen LogP contribution in [0.4, 0.5) is 0 Å². The van der Waals surface area contributed by atoms with E-state index in [4.69, 9.17) is 5.73 Å². The third-order valence-electron chi connectivity index (χ3n) is 4.93. The highest BCUT2D eigenvalue weighted by atomic mass is 32.1. The lowest BCUT2D eigenvalue weighted by Crippen LogP contribution is -2.19. The fourth-order valence-electron chi connectivity index (χ4n) is 2.80. The molecule has 1 aliphatic rings. The van der Waals surface area contributed by atoms with Crippen molar-refractivity contribution in [2.75, 3.05) is 6.54 Å². The van der Waals surface area contributed by atoms with Crippen LogP contribution in [0.2, 0.25) is 0 Å². The van der Waals surface area contributed by atoms with Crippen molar-refractivity contribution in [3.63, 3.8) is 0 Å². The first kappa shape index (κ1) is 14.0. The van der Waals surface area contributed by atoms with Gasteiger partial charge < -0.3 is 11.1 Å². The van der Waals surface area contributed by atoms with Crippen LogP contribution in [0, 0.1) is 16.7 Å². The van der Waals surface area contributed by atoms with Crippen molar-refractivity contribution in [3.05, 3.63) is 16.1 Å². The van der Waals surface area contributed by atoms with Crippen LogP contribution in [0.25, 0.3) is 0 Å². The van der Waals surface area contributed by atoms with Crippen molar-refractivity contribution in [1.29, 1.82) is 0 Å². The molecule has 1 aromatic rings. The van der Waals surface area contributed by atoms with E-state index < -0.39 is 0 Å². The van der Waals surface area contributed by atoms with Gasteiger partial charge in [-0.1, -0.05) is 27.7 Å². The minimum absolute atomic E-state index is 0.0463. The highest BCUT2D eigenvalue weighted by molar-refractivity contribution is 7.09. The summed E-state index contributed by atoms with van der Waals surface area (Å²) in [4.78, 5) is 4.53. The van der Waals surface area contributed by atoms with E-state index in [9.17, 15) is 0 Å². The molecule has 0 aliphatic heterocycles. The second kappa shape index (κ2) is 4.58. The number of hydrogen-bond donors (Lipinski definition) is 2. The molecule has 0 amide bonds. The molecular weight excluding hydrogens is 242 g/mol. The first-order valence-electron chi connectivity index (χ1n) is 6.67. The molecule has 18 heavy (non-hydrogen) atoms. The van der Waals surface area contributed by atoms with Gasteiger partial charge in [0, 0.05) is 11.9 Å². The van der Waals surface area contributed by atoms with Crippen molar-refractivity contribution in [3.8, 4) is 0 Å². The van der Waals surface area contributed by atoms with Crippen molar-refractivity contribution < 1.29 is 0 Å². The Bertz CT molecular complexity index is 406. The monoisotopic (exact) mass is 267 g/mol. The number of nitrogens with one attached hydrogen (secondary N) is 1. The van der Waals surface area contributed by atoms with E-state index in [-0.39, 0.29) is 6.04 Å². The van der Waals surface area contributed by atoms with E-state index in [1.54, 1.807) is 11.3 Å². The molecule has 1 fully saturated rings. The maximum Gasteiger partial charge on any atom is 0.109 e. The highest BCUT2D eigenvalue weighted by Crippen LogP contribution is 2.67. The van der Waals surface area contributed by atoms with Gasteiger partial charge in [-0.3, -0.25) is 0 Å². The normalized spacial score (nSPS) is 23.0. The third kappa shape index (κ3) is 2.33. The van der Waals surface area contributed by atoms with E-state index in [0.717, 1.165) is 29.7 Å². The predicted molar refractivity (Wildman–Crippen MR) is 77.5 cm³/mol. The summed E-state index contributed by atoms with van der Waals surface area (Å²) in [7, 11) is 0. The summed E-state index contributed by atoms with van der Waals surface area (Å²) in [6.45, 7) is 13.3. The smallest absolute Gasteiger partial charge is 0.109 e. The second-order valence-corrected chi connectivity index (χ2v) is 7.48. The SMILES string of the molecule is CC(N)c1nc(CNCC2C(C)(C)C2(C)C)cs1. The Hall–Kier alpha value is -0.450. The van der Waals surface area contributed by atoms with Gasteiger partial charge in [0.05, 0.1) is 11.7 Å². The van der Waals surface area contributed by atoms with Crippen molar-refractivity contribution >= 4 is 11.3 Å². The molecule has 102 valence electrons. The van der Waals surface area contributed by atoms with Gasteiger partial charge in [-0.05, 0) is 30.2 Å². The van der Waals surface area contributed by atoms with Gasteiger partial charge in [-0.2, -0.15) is 0 Å². The van der Waals surface area contributed by atoms with E-state index in [1.165, 1.54) is 0 Å². The summed E-state index contributed by atoms with van der Waals surface area (Å²) < 4.78 is 0. The molecule has 1 saturated carbocycles. The largest absolute Gasteiger partial charge is 0.322 e. The predicted octanol–water partition coefficient (Wildman–Crippen LogP) is 2.93. The molecule has 2 rings (SSSR count). The Morgan fingerprint density at radius 2 is 2.00 bits per heavy atom. The summed E-state index contributed by atoms with van der Waals surface area (Å²) in [5, 5.41) is 6.66. The number of nitrogens with zero attached hydrogens (tertiary/aromatic N) is 1. The lowest BCUT2D eigenvalue weighted by atomic mass is 10.0. The number of nitrogens with two attached hydrogens (primary N) is 1. The fourth-order valence-corrected chi connectivity index (χ4v) is 3.58. The van der Waals surface area contributed by atoms with Gasteiger partial charge in [-0.25, -0.2) is 4.98 Å². The molecular formula is C14H25N3S. The summed E-state index contributed by atoms with van der Waals surface area (Å²) in [6.07, 6.45) is 0. The van der Waals surface area contributed by atoms with Crippen molar-refractivity contribution in [2.45, 2.75) is 47.2 Å². The van der Waals surface area contributed by atoms with E-state index >= 15 is 0 Å². The first-order valence-corrected chi connectivity index (χ1v) is 7.55. The number of thiazole rings is 1. The van der Waals surface area contributed by atoms with Crippen LogP contribution in [-0.4, -0.2) is 11.5 Å². The molecule has 1 aliphatic carbocycles. The second-order valence-electron chi connectivity index (χ2n) is 6.59. The molecule has 0 radical (unpaired) electrons. The molecule has 0 aromatic carbocycles. The Kier molecular flexibility index (Phi) is 3.56. The quantitative estimate of drug-likeness (QED) is 0.862. The topological polar surface area (TPSA) is 50.9 Å². The Labute approximate surface area is 114 Å². The molecule has 0 bridgehead atoms. The molecule has 3 nitrogen and oxygen atoms in total. The number of hydrogen-bond acceptors (Lipinski definition) is 4. The zero-order valence-corrected chi connectivity index (χ0v) is 12.9. The third-order valence-corrected chi connectivity index (χ3v) is 6.03. The molecule has 0 spiro atoms. The molecule has 1 unspecified atom stereocenters. The zero-order valence-electron chi connectivity index (χ0n) is 12.1. The number of rotatable bonds is 5. The molecule has 1 atom stereocenters. The van der Waals surface area contributed by atoms with Gasteiger partial charge in [0.1, 0.15) is 5.01 Å². The van der Waals surface area contributed by atoms with Crippen LogP contribution in [0.1, 0.15) is 51.4 Å². The first-order chi connectivity index (χ1) is 8.26. The Morgan fingerprint density at radius 3 is 2.44 bits per heavy atom. The molecule has 4 heteroatoms. The van der Waals surface area contributed by atoms with E-state index in [2.05, 4.69) is 43.4 Å². The van der Waals surface area contributed by atoms with Crippen LogP contribution in [-0.2, 0) is 6.54 Å². The van der Waals surface area contributed by atoms with Crippen LogP contribution in [0.15, 0.2) is 5.38 Å². The zero-order chi connectivity index (χ0) is 13.6. The average molecular weight is 267 g/mol. The van der Waals surface area contributed by atoms with Crippen LogP contribution in [0.5, 0.6) is 0 Å². The Balaban J connectivity index is 1.80. The minimum Gasteiger partial charge on any atom is -0.322 e. The number of aromatic nitrogens is 1. The molecule has 1 heterocycles. The Morgan fingerprint density at radius 1 is 1.39 bits per heavy atom.